The van der Waals surface area contributed by atoms with E-state index >= 15 is 0 Å². The van der Waals surface area contributed by atoms with Gasteiger partial charge in [0.25, 0.3) is 5.91 Å². The van der Waals surface area contributed by atoms with Crippen LogP contribution in [0, 0.1) is 0 Å². The second kappa shape index (κ2) is 8.00. The maximum absolute atomic E-state index is 12.9. The van der Waals surface area contributed by atoms with Gasteiger partial charge in [-0.05, 0) is 12.1 Å². The molecule has 1 aromatic carbocycles. The van der Waals surface area contributed by atoms with E-state index in [1.54, 1.807) is 12.1 Å². The van der Waals surface area contributed by atoms with Crippen LogP contribution in [0.15, 0.2) is 41.3 Å². The monoisotopic (exact) mass is 412 g/mol. The van der Waals surface area contributed by atoms with E-state index in [0.29, 0.717) is 33.3 Å². The number of nitrogens with zero attached hydrogens (tertiary/aromatic N) is 3. The molecule has 3 heterocycles. The van der Waals surface area contributed by atoms with Gasteiger partial charge in [0.1, 0.15) is 0 Å². The van der Waals surface area contributed by atoms with E-state index < -0.39 is 5.91 Å². The molecular weight excluding hydrogens is 402 g/mol. The van der Waals surface area contributed by atoms with Gasteiger partial charge in [-0.1, -0.05) is 23.2 Å². The van der Waals surface area contributed by atoms with Gasteiger partial charge < -0.3 is 15.9 Å². The number of carbonyl (C=O) groups is 1. The van der Waals surface area contributed by atoms with Crippen LogP contribution in [0.1, 0.15) is 11.8 Å². The normalized spacial score (nSPS) is 10.6. The van der Waals surface area contributed by atoms with Crippen molar-refractivity contribution >= 4 is 56.7 Å². The second-order valence-corrected chi connectivity index (χ2v) is 6.14. The zero-order valence-electron chi connectivity index (χ0n) is 15.3. The summed E-state index contributed by atoms with van der Waals surface area (Å²) in [5.74, 6) is 0.0832. The topological polar surface area (TPSA) is 90.1 Å². The summed E-state index contributed by atoms with van der Waals surface area (Å²) in [4.78, 5) is 16.8. The van der Waals surface area contributed by atoms with Gasteiger partial charge >= 0.3 is 29.6 Å². The van der Waals surface area contributed by atoms with Crippen LogP contribution in [0.25, 0.3) is 21.9 Å². The molecule has 4 aromatic rings. The summed E-state index contributed by atoms with van der Waals surface area (Å²) < 4.78 is 11.1. The molecule has 0 fully saturated rings. The molecule has 0 unspecified atom stereocenters. The number of ether oxygens (including phenoxy) is 1. The Balaban J connectivity index is 0.00000140. The molecule has 3 aromatic heterocycles. The van der Waals surface area contributed by atoms with Crippen LogP contribution in [0.4, 0.5) is 5.69 Å². The first kappa shape index (κ1) is 19.9. The van der Waals surface area contributed by atoms with Crippen LogP contribution in [-0.2, 0) is 0 Å². The largest absolute Gasteiger partial charge is 1.00 e. The zero-order chi connectivity index (χ0) is 18.3. The first-order valence-corrected chi connectivity index (χ1v) is 8.16. The molecule has 0 aliphatic rings. The summed E-state index contributed by atoms with van der Waals surface area (Å²) in [5.41, 5.74) is 1.56. The van der Waals surface area contributed by atoms with E-state index in [0.717, 1.165) is 0 Å². The van der Waals surface area contributed by atoms with E-state index in [4.69, 9.17) is 32.4 Å². The molecule has 132 valence electrons. The predicted octanol–water partition coefficient (Wildman–Crippen LogP) is 1.46. The van der Waals surface area contributed by atoms with Gasteiger partial charge in [-0.3, -0.25) is 9.78 Å². The predicted molar refractivity (Wildman–Crippen MR) is 99.2 cm³/mol. The number of amides is 1. The molecule has 0 saturated carbocycles. The Bertz CT molecular complexity index is 1150. The van der Waals surface area contributed by atoms with Gasteiger partial charge in [0.2, 0.25) is 0 Å². The van der Waals surface area contributed by atoms with Crippen molar-refractivity contribution in [3.05, 3.63) is 52.5 Å². The summed E-state index contributed by atoms with van der Waals surface area (Å²) in [6.07, 6.45) is 5.81. The number of pyridine rings is 1. The molecule has 0 radical (unpaired) electrons. The summed E-state index contributed by atoms with van der Waals surface area (Å²) in [6.45, 7) is 0. The number of methoxy groups -OCH3 is 1. The van der Waals surface area contributed by atoms with Crippen LogP contribution in [0.5, 0.6) is 5.75 Å². The Kier molecular flexibility index (Phi) is 5.88. The van der Waals surface area contributed by atoms with E-state index in [2.05, 4.69) is 20.5 Å². The Morgan fingerprint density at radius 3 is 2.56 bits per heavy atom. The zero-order valence-corrected chi connectivity index (χ0v) is 17.8. The molecular formula is C17H11Cl2N4NaO3. The molecule has 0 atom stereocenters. The van der Waals surface area contributed by atoms with Crippen molar-refractivity contribution in [3.8, 4) is 5.75 Å². The molecule has 27 heavy (non-hydrogen) atoms. The van der Waals surface area contributed by atoms with Crippen LogP contribution >= 0.6 is 23.2 Å². The van der Waals surface area contributed by atoms with E-state index in [-0.39, 0.29) is 46.7 Å². The van der Waals surface area contributed by atoms with Crippen molar-refractivity contribution in [2.45, 2.75) is 0 Å². The van der Waals surface area contributed by atoms with Gasteiger partial charge in [-0.2, -0.15) is 10.2 Å². The van der Waals surface area contributed by atoms with Crippen LogP contribution in [0.2, 0.25) is 10.0 Å². The van der Waals surface area contributed by atoms with Crippen molar-refractivity contribution in [3.63, 3.8) is 0 Å². The number of nitrogens with one attached hydrogen (secondary N) is 1. The third-order valence-electron chi connectivity index (χ3n) is 3.85. The molecule has 0 spiro atoms. The minimum absolute atomic E-state index is 0. The summed E-state index contributed by atoms with van der Waals surface area (Å²) in [6, 6.07) is 3.28. The van der Waals surface area contributed by atoms with Crippen LogP contribution in [0.3, 0.4) is 0 Å². The standard InChI is InChI=1S/C17H10Cl2N4O3.Na.H/c1-25-12-3-2-8(14-9-4-21-22-7-13(9)26-16(12)14)17(24)23-15-10(18)5-20-6-11(15)19;;/h2-7H,1H3,(H,20,23,24);;/q;+1;-1. The molecule has 0 bridgehead atoms. The number of carbonyl (C=O) groups excluding carboxylic acids is 1. The number of furan rings is 1. The molecule has 10 heteroatoms. The number of hydrogen-bond acceptors (Lipinski definition) is 6. The minimum atomic E-state index is -0.410. The molecule has 4 rings (SSSR count). The Morgan fingerprint density at radius 2 is 1.85 bits per heavy atom. The minimum Gasteiger partial charge on any atom is -1.00 e. The molecule has 1 amide bonds. The van der Waals surface area contributed by atoms with Crippen molar-refractivity contribution < 1.29 is 44.9 Å². The Morgan fingerprint density at radius 1 is 1.15 bits per heavy atom. The van der Waals surface area contributed by atoms with Crippen molar-refractivity contribution in [2.75, 3.05) is 12.4 Å². The van der Waals surface area contributed by atoms with E-state index in [1.165, 1.54) is 31.9 Å². The van der Waals surface area contributed by atoms with E-state index in [9.17, 15) is 4.79 Å². The number of anilines is 1. The van der Waals surface area contributed by atoms with Gasteiger partial charge in [0.05, 0.1) is 46.2 Å². The number of hydrogen-bond donors (Lipinski definition) is 1. The summed E-state index contributed by atoms with van der Waals surface area (Å²) in [5, 5.41) is 12.1. The fourth-order valence-electron chi connectivity index (χ4n) is 2.68. The first-order chi connectivity index (χ1) is 12.6. The fourth-order valence-corrected chi connectivity index (χ4v) is 3.14. The Hall–Kier alpha value is -1.90. The van der Waals surface area contributed by atoms with Crippen molar-refractivity contribution in [1.29, 1.82) is 0 Å². The molecule has 0 saturated heterocycles. The number of benzene rings is 1. The molecule has 1 N–H and O–H groups in total. The quantitative estimate of drug-likeness (QED) is 0.512. The van der Waals surface area contributed by atoms with Crippen LogP contribution in [-0.4, -0.2) is 28.2 Å². The summed E-state index contributed by atoms with van der Waals surface area (Å²) in [7, 11) is 1.52. The van der Waals surface area contributed by atoms with Gasteiger partial charge in [-0.15, -0.1) is 0 Å². The average molecular weight is 413 g/mol. The molecule has 7 nitrogen and oxygen atoms in total. The number of fused-ring (bicyclic) bond motifs is 3. The summed E-state index contributed by atoms with van der Waals surface area (Å²) >= 11 is 12.2. The molecule has 0 aliphatic carbocycles. The van der Waals surface area contributed by atoms with Crippen molar-refractivity contribution in [2.24, 2.45) is 0 Å². The van der Waals surface area contributed by atoms with Gasteiger partial charge in [0, 0.05) is 17.8 Å². The fraction of sp³-hybridized carbons (Fsp3) is 0.0588. The average Bonchev–Trinajstić information content (AvgIpc) is 3.03. The maximum Gasteiger partial charge on any atom is 1.00 e. The SMILES string of the molecule is COc1ccc(C(=O)Nc2c(Cl)cncc2Cl)c2c1oc1cnncc12.[H-].[Na+]. The van der Waals surface area contributed by atoms with Crippen molar-refractivity contribution in [1.82, 2.24) is 15.2 Å². The van der Waals surface area contributed by atoms with E-state index in [1.807, 2.05) is 0 Å². The van der Waals surface area contributed by atoms with Gasteiger partial charge in [-0.25, -0.2) is 0 Å². The third-order valence-corrected chi connectivity index (χ3v) is 4.43. The number of rotatable bonds is 3. The third kappa shape index (κ3) is 3.49. The number of halogens is 2. The molecule has 0 aliphatic heterocycles. The maximum atomic E-state index is 12.9. The van der Waals surface area contributed by atoms with Crippen LogP contribution < -0.4 is 39.6 Å². The van der Waals surface area contributed by atoms with Gasteiger partial charge in [0.15, 0.2) is 16.9 Å². The Labute approximate surface area is 186 Å². The second-order valence-electron chi connectivity index (χ2n) is 5.32. The first-order valence-electron chi connectivity index (χ1n) is 7.40. The number of aromatic nitrogens is 3. The smallest absolute Gasteiger partial charge is 1.00 e.